The minimum absolute atomic E-state index is 0.0609. The van der Waals surface area contributed by atoms with Crippen LogP contribution in [0.1, 0.15) is 44.4 Å². The molecule has 0 saturated heterocycles. The van der Waals surface area contributed by atoms with Crippen LogP contribution in [0, 0.1) is 0 Å². The van der Waals surface area contributed by atoms with E-state index in [1.807, 2.05) is 45.0 Å². The molecule has 8 heteroatoms. The highest BCUT2D eigenvalue weighted by Gasteiger charge is 2.34. The Balaban J connectivity index is 2.10. The average Bonchev–Trinajstić information content (AvgIpc) is 2.89. The summed E-state index contributed by atoms with van der Waals surface area (Å²) >= 11 is 0. The van der Waals surface area contributed by atoms with Gasteiger partial charge in [-0.05, 0) is 74.7 Å². The van der Waals surface area contributed by atoms with Crippen molar-refractivity contribution >= 4 is 17.5 Å². The third-order valence-electron chi connectivity index (χ3n) is 5.89. The van der Waals surface area contributed by atoms with E-state index >= 15 is 0 Å². The van der Waals surface area contributed by atoms with Crippen molar-refractivity contribution < 1.29 is 28.9 Å². The van der Waals surface area contributed by atoms with Crippen molar-refractivity contribution in [3.05, 3.63) is 77.9 Å². The number of rotatable bonds is 10. The number of nitrogens with one attached hydrogen (secondary N) is 1. The van der Waals surface area contributed by atoms with E-state index in [1.165, 1.54) is 31.3 Å². The lowest BCUT2D eigenvalue weighted by Gasteiger charge is -2.34. The van der Waals surface area contributed by atoms with Crippen LogP contribution >= 0.6 is 0 Å². The first-order chi connectivity index (χ1) is 18.1. The first kappa shape index (κ1) is 28.4. The van der Waals surface area contributed by atoms with Crippen LogP contribution < -0.4 is 24.4 Å². The predicted molar refractivity (Wildman–Crippen MR) is 147 cm³/mol. The molecule has 0 aromatic heterocycles. The lowest BCUT2D eigenvalue weighted by atomic mass is 9.99. The monoisotopic (exact) mass is 520 g/mol. The van der Waals surface area contributed by atoms with Crippen molar-refractivity contribution in [2.45, 2.75) is 45.2 Å². The Labute approximate surface area is 224 Å². The Morgan fingerprint density at radius 2 is 1.58 bits per heavy atom. The van der Waals surface area contributed by atoms with Crippen LogP contribution in [0.5, 0.6) is 23.0 Å². The number of anilines is 1. The molecule has 0 spiro atoms. The van der Waals surface area contributed by atoms with Gasteiger partial charge in [0.2, 0.25) is 11.8 Å². The van der Waals surface area contributed by atoms with E-state index in [-0.39, 0.29) is 24.0 Å². The second-order valence-electron chi connectivity index (χ2n) is 9.89. The Hall–Kier alpha value is -4.20. The van der Waals surface area contributed by atoms with Gasteiger partial charge in [0, 0.05) is 23.7 Å². The van der Waals surface area contributed by atoms with Crippen molar-refractivity contribution in [3.8, 4) is 23.0 Å². The summed E-state index contributed by atoms with van der Waals surface area (Å²) in [6.07, 6.45) is 0.585. The minimum Gasteiger partial charge on any atom is -0.508 e. The van der Waals surface area contributed by atoms with E-state index in [2.05, 4.69) is 5.32 Å². The van der Waals surface area contributed by atoms with Crippen LogP contribution in [-0.4, -0.2) is 43.8 Å². The first-order valence-electron chi connectivity index (χ1n) is 12.3. The standard InChI is InChI=1S/C30H36N2O6/c1-30(2,3)31-29(35)28(21-11-14-23(33)15-12-21)32(22-13-16-25(37-5)26(19-22)38-6)27(34)17-10-20-8-7-9-24(18-20)36-4/h7-9,11-16,18-19,28,33H,10,17H2,1-6H3,(H,31,35). The van der Waals surface area contributed by atoms with Crippen molar-refractivity contribution in [1.29, 1.82) is 0 Å². The highest BCUT2D eigenvalue weighted by molar-refractivity contribution is 6.01. The number of nitrogens with zero attached hydrogens (tertiary/aromatic N) is 1. The van der Waals surface area contributed by atoms with Crippen LogP contribution in [0.15, 0.2) is 66.7 Å². The summed E-state index contributed by atoms with van der Waals surface area (Å²) < 4.78 is 16.2. The van der Waals surface area contributed by atoms with Crippen LogP contribution in [0.2, 0.25) is 0 Å². The molecule has 0 bridgehead atoms. The van der Waals surface area contributed by atoms with Gasteiger partial charge < -0.3 is 24.6 Å². The number of amides is 2. The topological polar surface area (TPSA) is 97.3 Å². The molecule has 8 nitrogen and oxygen atoms in total. The number of aromatic hydroxyl groups is 1. The number of phenolic OH excluding ortho intramolecular Hbond substituents is 1. The van der Waals surface area contributed by atoms with E-state index in [0.29, 0.717) is 34.9 Å². The highest BCUT2D eigenvalue weighted by atomic mass is 16.5. The summed E-state index contributed by atoms with van der Waals surface area (Å²) in [5.74, 6) is 1.08. The molecule has 0 aliphatic rings. The summed E-state index contributed by atoms with van der Waals surface area (Å²) in [6.45, 7) is 5.64. The molecular formula is C30H36N2O6. The van der Waals surface area contributed by atoms with Crippen LogP contribution in [0.4, 0.5) is 5.69 Å². The largest absolute Gasteiger partial charge is 0.508 e. The van der Waals surface area contributed by atoms with Crippen LogP contribution in [0.25, 0.3) is 0 Å². The molecule has 202 valence electrons. The van der Waals surface area contributed by atoms with Gasteiger partial charge >= 0.3 is 0 Å². The van der Waals surface area contributed by atoms with Crippen molar-refractivity contribution in [3.63, 3.8) is 0 Å². The molecule has 1 atom stereocenters. The number of methoxy groups -OCH3 is 3. The lowest BCUT2D eigenvalue weighted by molar-refractivity contribution is -0.127. The number of benzene rings is 3. The molecular weight excluding hydrogens is 484 g/mol. The lowest BCUT2D eigenvalue weighted by Crippen LogP contribution is -2.49. The number of phenols is 1. The zero-order valence-corrected chi connectivity index (χ0v) is 22.8. The van der Waals surface area contributed by atoms with E-state index in [9.17, 15) is 14.7 Å². The number of carbonyl (C=O) groups excluding carboxylic acids is 2. The number of aryl methyl sites for hydroxylation is 1. The molecule has 2 amide bonds. The zero-order chi connectivity index (χ0) is 27.9. The number of hydrogen-bond donors (Lipinski definition) is 2. The molecule has 1 unspecified atom stereocenters. The van der Waals surface area contributed by atoms with Crippen LogP contribution in [0.3, 0.4) is 0 Å². The highest BCUT2D eigenvalue weighted by Crippen LogP contribution is 2.36. The van der Waals surface area contributed by atoms with Gasteiger partial charge in [-0.15, -0.1) is 0 Å². The predicted octanol–water partition coefficient (Wildman–Crippen LogP) is 5.04. The average molecular weight is 521 g/mol. The molecule has 3 aromatic carbocycles. The molecule has 0 radical (unpaired) electrons. The number of carbonyl (C=O) groups is 2. The van der Waals surface area contributed by atoms with Gasteiger partial charge in [0.25, 0.3) is 0 Å². The van der Waals surface area contributed by atoms with E-state index in [1.54, 1.807) is 37.4 Å². The maximum absolute atomic E-state index is 14.0. The summed E-state index contributed by atoms with van der Waals surface area (Å²) in [7, 11) is 4.64. The first-order valence-corrected chi connectivity index (χ1v) is 12.3. The third-order valence-corrected chi connectivity index (χ3v) is 5.89. The number of ether oxygens (including phenoxy) is 3. The molecule has 0 saturated carbocycles. The summed E-state index contributed by atoms with van der Waals surface area (Å²) in [4.78, 5) is 29.2. The minimum atomic E-state index is -1.01. The fourth-order valence-electron chi connectivity index (χ4n) is 4.12. The Morgan fingerprint density at radius 1 is 0.895 bits per heavy atom. The quantitative estimate of drug-likeness (QED) is 0.389. The summed E-state index contributed by atoms with van der Waals surface area (Å²) in [6, 6.07) is 17.9. The van der Waals surface area contributed by atoms with Crippen molar-refractivity contribution in [2.24, 2.45) is 0 Å². The second-order valence-corrected chi connectivity index (χ2v) is 9.89. The maximum Gasteiger partial charge on any atom is 0.248 e. The van der Waals surface area contributed by atoms with E-state index in [4.69, 9.17) is 14.2 Å². The molecule has 0 aliphatic heterocycles. The smallest absolute Gasteiger partial charge is 0.248 e. The zero-order valence-electron chi connectivity index (χ0n) is 22.8. The molecule has 3 aromatic rings. The van der Waals surface area contributed by atoms with E-state index < -0.39 is 11.6 Å². The van der Waals surface area contributed by atoms with Gasteiger partial charge in [0.15, 0.2) is 11.5 Å². The molecule has 3 rings (SSSR count). The molecule has 0 heterocycles. The molecule has 0 aliphatic carbocycles. The van der Waals surface area contributed by atoms with Gasteiger partial charge in [0.05, 0.1) is 21.3 Å². The fourth-order valence-corrected chi connectivity index (χ4v) is 4.12. The van der Waals surface area contributed by atoms with Crippen molar-refractivity contribution in [1.82, 2.24) is 5.32 Å². The normalized spacial score (nSPS) is 11.8. The Morgan fingerprint density at radius 3 is 2.18 bits per heavy atom. The Kier molecular flexibility index (Phi) is 9.23. The van der Waals surface area contributed by atoms with Gasteiger partial charge in [-0.1, -0.05) is 24.3 Å². The number of hydrogen-bond acceptors (Lipinski definition) is 6. The van der Waals surface area contributed by atoms with Crippen LogP contribution in [-0.2, 0) is 16.0 Å². The summed E-state index contributed by atoms with van der Waals surface area (Å²) in [5.41, 5.74) is 1.42. The van der Waals surface area contributed by atoms with Gasteiger partial charge in [-0.2, -0.15) is 0 Å². The molecule has 2 N–H and O–H groups in total. The Bertz CT molecular complexity index is 1250. The molecule has 38 heavy (non-hydrogen) atoms. The SMILES string of the molecule is COc1cccc(CCC(=O)N(c2ccc(OC)c(OC)c2)C(C(=O)NC(C)(C)C)c2ccc(O)cc2)c1. The second kappa shape index (κ2) is 12.4. The van der Waals surface area contributed by atoms with Gasteiger partial charge in [0.1, 0.15) is 17.5 Å². The maximum atomic E-state index is 14.0. The molecule has 0 fully saturated rings. The van der Waals surface area contributed by atoms with E-state index in [0.717, 1.165) is 5.56 Å². The fraction of sp³-hybridized carbons (Fsp3) is 0.333. The van der Waals surface area contributed by atoms with Gasteiger partial charge in [-0.3, -0.25) is 14.5 Å². The van der Waals surface area contributed by atoms with Crippen molar-refractivity contribution in [2.75, 3.05) is 26.2 Å². The van der Waals surface area contributed by atoms with Gasteiger partial charge in [-0.25, -0.2) is 0 Å². The summed E-state index contributed by atoms with van der Waals surface area (Å²) in [5, 5.41) is 12.9. The third kappa shape index (κ3) is 7.18.